The summed E-state index contributed by atoms with van der Waals surface area (Å²) in [6.07, 6.45) is 1.24. The Balaban J connectivity index is 1.56. The highest BCUT2D eigenvalue weighted by molar-refractivity contribution is 5.85. The number of hydrogen-bond donors (Lipinski definition) is 2. The normalized spacial score (nSPS) is 19.9. The number of nitriles is 1. The topological polar surface area (TPSA) is 85.2 Å². The number of carbonyl (C=O) groups excluding carboxylic acids is 2. The van der Waals surface area contributed by atoms with Gasteiger partial charge in [-0.1, -0.05) is 30.3 Å². The fourth-order valence-electron chi connectivity index (χ4n) is 2.96. The van der Waals surface area contributed by atoms with Gasteiger partial charge in [0, 0.05) is 18.2 Å². The number of aldehydes is 1. The zero-order valence-electron chi connectivity index (χ0n) is 13.1. The molecule has 1 aliphatic heterocycles. The van der Waals surface area contributed by atoms with Crippen molar-refractivity contribution in [3.05, 3.63) is 42.5 Å². The molecule has 6 heteroatoms. The Morgan fingerprint density at radius 3 is 2.83 bits per heavy atom. The number of nitrogens with one attached hydrogen (secondary N) is 2. The Bertz CT molecular complexity index is 799. The average molecular weight is 322 g/mol. The van der Waals surface area contributed by atoms with Gasteiger partial charge in [-0.15, -0.1) is 0 Å². The molecule has 0 bridgehead atoms. The third kappa shape index (κ3) is 3.36. The maximum Gasteiger partial charge on any atom is 0.239 e. The van der Waals surface area contributed by atoms with Crippen molar-refractivity contribution < 1.29 is 9.59 Å². The summed E-state index contributed by atoms with van der Waals surface area (Å²) in [5.74, 6) is -0.439. The molecule has 2 N–H and O–H groups in total. The molecule has 6 nitrogen and oxygen atoms in total. The van der Waals surface area contributed by atoms with E-state index in [2.05, 4.69) is 16.9 Å². The van der Waals surface area contributed by atoms with Crippen LogP contribution in [0, 0.1) is 17.2 Å². The molecule has 2 atom stereocenters. The second kappa shape index (κ2) is 7.11. The molecule has 1 heterocycles. The SMILES string of the molecule is N#CC1CC(C=O)CN1C(=O)CNNc1ccc2ccccc2c1. The molecule has 122 valence electrons. The fraction of sp³-hybridized carbons (Fsp3) is 0.278. The van der Waals surface area contributed by atoms with E-state index in [-0.39, 0.29) is 18.4 Å². The number of nitrogens with zero attached hydrogens (tertiary/aromatic N) is 2. The molecule has 2 unspecified atom stereocenters. The summed E-state index contributed by atoms with van der Waals surface area (Å²) in [6, 6.07) is 15.5. The van der Waals surface area contributed by atoms with Crippen molar-refractivity contribution >= 4 is 28.7 Å². The standard InChI is InChI=1S/C18H18N4O2/c19-9-17-7-13(12-23)11-22(17)18(24)10-20-21-16-6-5-14-3-1-2-4-15(14)8-16/h1-6,8,12-13,17,20-21H,7,10-11H2. The number of hydrazine groups is 1. The Hall–Kier alpha value is -2.91. The minimum atomic E-state index is -0.518. The van der Waals surface area contributed by atoms with E-state index < -0.39 is 6.04 Å². The first kappa shape index (κ1) is 16.0. The lowest BCUT2D eigenvalue weighted by Crippen LogP contribution is -2.42. The second-order valence-corrected chi connectivity index (χ2v) is 5.86. The van der Waals surface area contributed by atoms with Crippen molar-refractivity contribution in [2.75, 3.05) is 18.5 Å². The molecule has 0 aliphatic carbocycles. The van der Waals surface area contributed by atoms with Gasteiger partial charge in [0.15, 0.2) is 0 Å². The number of benzene rings is 2. The predicted molar refractivity (Wildman–Crippen MR) is 90.9 cm³/mol. The monoisotopic (exact) mass is 322 g/mol. The first-order chi connectivity index (χ1) is 11.7. The van der Waals surface area contributed by atoms with Gasteiger partial charge in [-0.2, -0.15) is 5.26 Å². The summed E-state index contributed by atoms with van der Waals surface area (Å²) < 4.78 is 0. The largest absolute Gasteiger partial charge is 0.325 e. The van der Waals surface area contributed by atoms with Crippen LogP contribution in [0.4, 0.5) is 5.69 Å². The van der Waals surface area contributed by atoms with E-state index in [0.717, 1.165) is 22.7 Å². The minimum absolute atomic E-state index is 0.0522. The summed E-state index contributed by atoms with van der Waals surface area (Å²) >= 11 is 0. The highest BCUT2D eigenvalue weighted by Gasteiger charge is 2.34. The number of rotatable bonds is 5. The lowest BCUT2D eigenvalue weighted by atomic mass is 10.1. The van der Waals surface area contributed by atoms with E-state index in [1.54, 1.807) is 0 Å². The van der Waals surface area contributed by atoms with E-state index in [4.69, 9.17) is 5.26 Å². The van der Waals surface area contributed by atoms with Crippen LogP contribution >= 0.6 is 0 Å². The van der Waals surface area contributed by atoms with Gasteiger partial charge in [0.05, 0.1) is 12.6 Å². The van der Waals surface area contributed by atoms with E-state index in [1.165, 1.54) is 4.90 Å². The molecule has 0 spiro atoms. The van der Waals surface area contributed by atoms with Crippen molar-refractivity contribution in [1.82, 2.24) is 10.3 Å². The van der Waals surface area contributed by atoms with Crippen molar-refractivity contribution in [3.63, 3.8) is 0 Å². The summed E-state index contributed by atoms with van der Waals surface area (Å²) in [6.45, 7) is 0.370. The van der Waals surface area contributed by atoms with Crippen molar-refractivity contribution in [3.8, 4) is 6.07 Å². The second-order valence-electron chi connectivity index (χ2n) is 5.86. The van der Waals surface area contributed by atoms with E-state index in [1.807, 2.05) is 42.5 Å². The van der Waals surface area contributed by atoms with Crippen LogP contribution < -0.4 is 10.9 Å². The molecule has 1 amide bonds. The van der Waals surface area contributed by atoms with Gasteiger partial charge in [0.2, 0.25) is 5.91 Å². The number of hydrogen-bond acceptors (Lipinski definition) is 5. The predicted octanol–water partition coefficient (Wildman–Crippen LogP) is 1.70. The van der Waals surface area contributed by atoms with Crippen LogP contribution in [0.2, 0.25) is 0 Å². The summed E-state index contributed by atoms with van der Waals surface area (Å²) in [5, 5.41) is 11.4. The first-order valence-corrected chi connectivity index (χ1v) is 7.83. The van der Waals surface area contributed by atoms with E-state index in [9.17, 15) is 9.59 Å². The Labute approximate surface area is 140 Å². The van der Waals surface area contributed by atoms with Crippen molar-refractivity contribution in [1.29, 1.82) is 5.26 Å². The third-order valence-electron chi connectivity index (χ3n) is 4.22. The zero-order chi connectivity index (χ0) is 16.9. The van der Waals surface area contributed by atoms with Crippen LogP contribution in [0.1, 0.15) is 6.42 Å². The minimum Gasteiger partial charge on any atom is -0.325 e. The van der Waals surface area contributed by atoms with Crippen LogP contribution in [0.25, 0.3) is 10.8 Å². The first-order valence-electron chi connectivity index (χ1n) is 7.83. The number of amides is 1. The molecule has 24 heavy (non-hydrogen) atoms. The van der Waals surface area contributed by atoms with Gasteiger partial charge < -0.3 is 15.1 Å². The number of likely N-dealkylation sites (tertiary alicyclic amines) is 1. The van der Waals surface area contributed by atoms with Gasteiger partial charge in [0.25, 0.3) is 0 Å². The Kier molecular flexibility index (Phi) is 4.73. The molecule has 2 aromatic rings. The van der Waals surface area contributed by atoms with Crippen LogP contribution in [0.3, 0.4) is 0 Å². The third-order valence-corrected chi connectivity index (χ3v) is 4.22. The lowest BCUT2D eigenvalue weighted by Gasteiger charge is -2.20. The van der Waals surface area contributed by atoms with Crippen LogP contribution in [-0.2, 0) is 9.59 Å². The summed E-state index contributed by atoms with van der Waals surface area (Å²) in [5.41, 5.74) is 6.73. The van der Waals surface area contributed by atoms with Crippen LogP contribution in [-0.4, -0.2) is 36.2 Å². The smallest absolute Gasteiger partial charge is 0.239 e. The van der Waals surface area contributed by atoms with Crippen molar-refractivity contribution in [2.24, 2.45) is 5.92 Å². The Morgan fingerprint density at radius 2 is 2.08 bits per heavy atom. The lowest BCUT2D eigenvalue weighted by molar-refractivity contribution is -0.130. The van der Waals surface area contributed by atoms with Crippen LogP contribution in [0.15, 0.2) is 42.5 Å². The molecule has 2 aromatic carbocycles. The van der Waals surface area contributed by atoms with Gasteiger partial charge >= 0.3 is 0 Å². The summed E-state index contributed by atoms with van der Waals surface area (Å²) in [4.78, 5) is 24.6. The molecule has 0 saturated carbocycles. The van der Waals surface area contributed by atoms with E-state index >= 15 is 0 Å². The average Bonchev–Trinajstić information content (AvgIpc) is 3.05. The number of fused-ring (bicyclic) bond motifs is 1. The quantitative estimate of drug-likeness (QED) is 0.646. The maximum atomic E-state index is 12.2. The highest BCUT2D eigenvalue weighted by atomic mass is 16.2. The molecule has 3 rings (SSSR count). The molecule has 1 aliphatic rings. The van der Waals surface area contributed by atoms with E-state index in [0.29, 0.717) is 13.0 Å². The highest BCUT2D eigenvalue weighted by Crippen LogP contribution is 2.21. The molecule has 1 saturated heterocycles. The molecular weight excluding hydrogens is 304 g/mol. The maximum absolute atomic E-state index is 12.2. The molecular formula is C18H18N4O2. The molecule has 0 aromatic heterocycles. The van der Waals surface area contributed by atoms with Gasteiger partial charge in [-0.3, -0.25) is 4.79 Å². The molecule has 0 radical (unpaired) electrons. The fourth-order valence-corrected chi connectivity index (χ4v) is 2.96. The van der Waals surface area contributed by atoms with Gasteiger partial charge in [-0.05, 0) is 29.3 Å². The molecule has 1 fully saturated rings. The zero-order valence-corrected chi connectivity index (χ0v) is 13.1. The van der Waals surface area contributed by atoms with Crippen molar-refractivity contribution in [2.45, 2.75) is 12.5 Å². The van der Waals surface area contributed by atoms with Gasteiger partial charge in [0.1, 0.15) is 12.3 Å². The Morgan fingerprint density at radius 1 is 1.29 bits per heavy atom. The summed E-state index contributed by atoms with van der Waals surface area (Å²) in [7, 11) is 0. The van der Waals surface area contributed by atoms with Crippen LogP contribution in [0.5, 0.6) is 0 Å². The number of anilines is 1. The number of carbonyl (C=O) groups is 2. The van der Waals surface area contributed by atoms with Gasteiger partial charge in [-0.25, -0.2) is 5.43 Å².